The first-order valence-corrected chi connectivity index (χ1v) is 24.4. The number of rotatable bonds is 35. The molecule has 0 saturated heterocycles. The lowest BCUT2D eigenvalue weighted by molar-refractivity contribution is -0.143. The van der Waals surface area contributed by atoms with Crippen LogP contribution in [0.1, 0.15) is 206 Å². The Morgan fingerprint density at radius 3 is 1.20 bits per heavy atom. The van der Waals surface area contributed by atoms with Crippen LogP contribution in [0.4, 0.5) is 0 Å². The molecular weight excluding hydrogens is 693 g/mol. The Morgan fingerprint density at radius 2 is 0.821 bits per heavy atom. The molecule has 0 aromatic carbocycles. The zero-order valence-electron chi connectivity index (χ0n) is 37.6. The summed E-state index contributed by atoms with van der Waals surface area (Å²) in [5.74, 6) is 3.18. The molecule has 2 aliphatic rings. The van der Waals surface area contributed by atoms with Gasteiger partial charge in [-0.1, -0.05) is 128 Å². The number of esters is 2. The summed E-state index contributed by atoms with van der Waals surface area (Å²) in [5, 5.41) is 0. The van der Waals surface area contributed by atoms with Gasteiger partial charge in [-0.05, 0) is 154 Å². The second-order valence-electron chi connectivity index (χ2n) is 18.2. The summed E-state index contributed by atoms with van der Waals surface area (Å²) in [6, 6.07) is 0. The van der Waals surface area contributed by atoms with Crippen LogP contribution in [0.5, 0.6) is 0 Å². The van der Waals surface area contributed by atoms with Gasteiger partial charge < -0.3 is 19.3 Å². The summed E-state index contributed by atoms with van der Waals surface area (Å²) < 4.78 is 10.9. The summed E-state index contributed by atoms with van der Waals surface area (Å²) in [6.07, 6.45) is 45.5. The van der Waals surface area contributed by atoms with E-state index in [2.05, 4.69) is 62.0 Å². The van der Waals surface area contributed by atoms with E-state index in [1.807, 2.05) is 0 Å². The van der Waals surface area contributed by atoms with Crippen LogP contribution < -0.4 is 0 Å². The summed E-state index contributed by atoms with van der Waals surface area (Å²) >= 11 is 0. The molecule has 2 saturated carbocycles. The number of ether oxygens (including phenoxy) is 2. The predicted molar refractivity (Wildman–Crippen MR) is 239 cm³/mol. The second-order valence-corrected chi connectivity index (χ2v) is 18.2. The first-order chi connectivity index (χ1) is 27.4. The van der Waals surface area contributed by atoms with Crippen LogP contribution in [0.3, 0.4) is 0 Å². The summed E-state index contributed by atoms with van der Waals surface area (Å²) in [5.41, 5.74) is 0. The van der Waals surface area contributed by atoms with Gasteiger partial charge in [0.15, 0.2) is 0 Å². The molecule has 6 nitrogen and oxygen atoms in total. The Balaban J connectivity index is 1.42. The molecule has 0 amide bonds. The second kappa shape index (κ2) is 35.3. The largest absolute Gasteiger partial charge is 0.461 e. The van der Waals surface area contributed by atoms with Crippen molar-refractivity contribution < 1.29 is 19.1 Å². The van der Waals surface area contributed by atoms with Gasteiger partial charge in [-0.3, -0.25) is 9.59 Å². The predicted octanol–water partition coefficient (Wildman–Crippen LogP) is 13.3. The molecule has 0 atom stereocenters. The number of hydrogen-bond donors (Lipinski definition) is 0. The molecule has 0 aliphatic heterocycles. The van der Waals surface area contributed by atoms with Crippen LogP contribution in [0.15, 0.2) is 24.3 Å². The lowest BCUT2D eigenvalue weighted by atomic mass is 9.80. The van der Waals surface area contributed by atoms with Crippen molar-refractivity contribution >= 4 is 11.9 Å². The van der Waals surface area contributed by atoms with Gasteiger partial charge in [0, 0.05) is 12.8 Å². The van der Waals surface area contributed by atoms with Gasteiger partial charge in [-0.2, -0.15) is 0 Å². The molecule has 0 N–H and O–H groups in total. The van der Waals surface area contributed by atoms with Gasteiger partial charge in [-0.15, -0.1) is 0 Å². The zero-order chi connectivity index (χ0) is 40.3. The molecule has 0 aromatic heterocycles. The third-order valence-corrected chi connectivity index (χ3v) is 12.7. The zero-order valence-corrected chi connectivity index (χ0v) is 37.6. The highest BCUT2D eigenvalue weighted by Gasteiger charge is 2.19. The lowest BCUT2D eigenvalue weighted by Gasteiger charge is -2.26. The van der Waals surface area contributed by atoms with Crippen molar-refractivity contribution in [1.29, 1.82) is 0 Å². The van der Waals surface area contributed by atoms with E-state index < -0.39 is 0 Å². The molecular formula is C50H92N2O4. The molecule has 0 spiro atoms. The molecule has 56 heavy (non-hydrogen) atoms. The minimum Gasteiger partial charge on any atom is -0.461 e. The Kier molecular flexibility index (Phi) is 31.8. The lowest BCUT2D eigenvalue weighted by Crippen LogP contribution is -2.28. The van der Waals surface area contributed by atoms with Crippen molar-refractivity contribution in [3.63, 3.8) is 0 Å². The highest BCUT2D eigenvalue weighted by Crippen LogP contribution is 2.33. The highest BCUT2D eigenvalue weighted by atomic mass is 16.5. The molecule has 2 rings (SSSR count). The monoisotopic (exact) mass is 785 g/mol. The molecule has 326 valence electrons. The van der Waals surface area contributed by atoms with Gasteiger partial charge in [0.25, 0.3) is 0 Å². The number of carbonyl (C=O) groups is 2. The fourth-order valence-electron chi connectivity index (χ4n) is 9.15. The number of nitrogens with zero attached hydrogens (tertiary/aromatic N) is 2. The standard InChI is InChI=1S/C50H92N2O4/c1-5-25-45-31-35-47(36-32-45)27-23-43-55-49(53)29-17-13-9-7-11-15-19-40-52(42-22-21-39-51(3)4)41-20-16-12-8-10-14-18-30-50(54)56-44-24-28-48-37-33-46(26-6-2)34-38-48/h23-24,27-28,45-48H,5-22,25-26,29-44H2,1-4H3/b27-23-,28-24-. The van der Waals surface area contributed by atoms with Crippen LogP contribution in [-0.4, -0.2) is 75.2 Å². The summed E-state index contributed by atoms with van der Waals surface area (Å²) in [7, 11) is 4.35. The number of carbonyl (C=O) groups excluding carboxylic acids is 2. The summed E-state index contributed by atoms with van der Waals surface area (Å²) in [4.78, 5) is 29.4. The van der Waals surface area contributed by atoms with Crippen LogP contribution in [-0.2, 0) is 19.1 Å². The molecule has 6 heteroatoms. The Hall–Kier alpha value is -1.66. The van der Waals surface area contributed by atoms with E-state index in [1.54, 1.807) is 0 Å². The van der Waals surface area contributed by atoms with E-state index in [4.69, 9.17) is 9.47 Å². The van der Waals surface area contributed by atoms with E-state index in [-0.39, 0.29) is 11.9 Å². The minimum absolute atomic E-state index is 0.0330. The maximum atomic E-state index is 12.2. The molecule has 0 aromatic rings. The third kappa shape index (κ3) is 28.7. The smallest absolute Gasteiger partial charge is 0.306 e. The number of hydrogen-bond acceptors (Lipinski definition) is 6. The molecule has 2 aliphatic carbocycles. The molecule has 0 unspecified atom stereocenters. The maximum absolute atomic E-state index is 12.2. The Labute approximate surface area is 347 Å². The van der Waals surface area contributed by atoms with Gasteiger partial charge in [-0.25, -0.2) is 0 Å². The van der Waals surface area contributed by atoms with Crippen LogP contribution in [0.2, 0.25) is 0 Å². The van der Waals surface area contributed by atoms with E-state index in [0.717, 1.165) is 37.5 Å². The van der Waals surface area contributed by atoms with Crippen LogP contribution in [0.25, 0.3) is 0 Å². The molecule has 0 radical (unpaired) electrons. The fraction of sp³-hybridized carbons (Fsp3) is 0.880. The van der Waals surface area contributed by atoms with E-state index in [1.165, 1.54) is 180 Å². The van der Waals surface area contributed by atoms with Crippen molar-refractivity contribution in [3.8, 4) is 0 Å². The quantitative estimate of drug-likeness (QED) is 0.0362. The van der Waals surface area contributed by atoms with Gasteiger partial charge in [0.2, 0.25) is 0 Å². The van der Waals surface area contributed by atoms with Crippen LogP contribution >= 0.6 is 0 Å². The van der Waals surface area contributed by atoms with E-state index >= 15 is 0 Å². The van der Waals surface area contributed by atoms with Gasteiger partial charge in [0.05, 0.1) is 0 Å². The minimum atomic E-state index is -0.0330. The van der Waals surface area contributed by atoms with Gasteiger partial charge in [0.1, 0.15) is 13.2 Å². The van der Waals surface area contributed by atoms with E-state index in [9.17, 15) is 9.59 Å². The fourth-order valence-corrected chi connectivity index (χ4v) is 9.15. The van der Waals surface area contributed by atoms with Crippen molar-refractivity contribution in [2.45, 2.75) is 206 Å². The molecule has 0 heterocycles. The van der Waals surface area contributed by atoms with Crippen LogP contribution in [0, 0.1) is 23.7 Å². The maximum Gasteiger partial charge on any atom is 0.306 e. The normalized spacial score (nSPS) is 20.5. The number of allylic oxidation sites excluding steroid dienone is 2. The first kappa shape index (κ1) is 50.5. The third-order valence-electron chi connectivity index (χ3n) is 12.7. The Bertz CT molecular complexity index is 910. The van der Waals surface area contributed by atoms with Crippen molar-refractivity contribution in [1.82, 2.24) is 9.80 Å². The molecule has 2 fully saturated rings. The Morgan fingerprint density at radius 1 is 0.482 bits per heavy atom. The first-order valence-electron chi connectivity index (χ1n) is 24.4. The number of unbranched alkanes of at least 4 members (excludes halogenated alkanes) is 13. The SMILES string of the molecule is CCCC1CCC(/C=C\COC(=O)CCCCCCCCCN(CCCCCCCCCC(=O)OC/C=C\C2CCC(CCC)CC2)CCCCN(C)C)CC1. The topological polar surface area (TPSA) is 59.1 Å². The van der Waals surface area contributed by atoms with Crippen molar-refractivity contribution in [3.05, 3.63) is 24.3 Å². The van der Waals surface area contributed by atoms with E-state index in [0.29, 0.717) is 37.9 Å². The van der Waals surface area contributed by atoms with Crippen molar-refractivity contribution in [2.75, 3.05) is 53.5 Å². The summed E-state index contributed by atoms with van der Waals surface area (Å²) in [6.45, 7) is 10.3. The average Bonchev–Trinajstić information content (AvgIpc) is 3.19. The highest BCUT2D eigenvalue weighted by molar-refractivity contribution is 5.69. The van der Waals surface area contributed by atoms with Crippen molar-refractivity contribution in [2.24, 2.45) is 23.7 Å². The van der Waals surface area contributed by atoms with Gasteiger partial charge >= 0.3 is 11.9 Å². The molecule has 0 bridgehead atoms. The average molecular weight is 785 g/mol.